The van der Waals surface area contributed by atoms with E-state index in [1.165, 1.54) is 71.1 Å². The van der Waals surface area contributed by atoms with Gasteiger partial charge in [-0.1, -0.05) is 84.0 Å². The number of primary amides is 1. The lowest BCUT2D eigenvalue weighted by molar-refractivity contribution is -0.133. The van der Waals surface area contributed by atoms with E-state index in [0.29, 0.717) is 45.2 Å². The van der Waals surface area contributed by atoms with Gasteiger partial charge in [0, 0.05) is 6.42 Å². The molecule has 0 fully saturated rings. The maximum atomic E-state index is 13.0. The molecule has 0 bridgehead atoms. The Kier molecular flexibility index (Phi) is 25.3. The van der Waals surface area contributed by atoms with Crippen LogP contribution in [0.3, 0.4) is 0 Å². The third-order valence-electron chi connectivity index (χ3n) is 7.46. The van der Waals surface area contributed by atoms with E-state index in [4.69, 9.17) is 17.2 Å². The number of nitrogens with two attached hydrogens (primary N) is 3. The fourth-order valence-corrected chi connectivity index (χ4v) is 4.79. The molecule has 240 valence electrons. The molecule has 4 amide bonds. The molecule has 0 unspecified atom stereocenters. The van der Waals surface area contributed by atoms with Gasteiger partial charge in [0.1, 0.15) is 18.1 Å². The van der Waals surface area contributed by atoms with Crippen molar-refractivity contribution >= 4 is 23.6 Å². The van der Waals surface area contributed by atoms with Crippen LogP contribution in [0.2, 0.25) is 0 Å². The second-order valence-electron chi connectivity index (χ2n) is 11.4. The largest absolute Gasteiger partial charge is 0.368 e. The second kappa shape index (κ2) is 26.7. The van der Waals surface area contributed by atoms with E-state index in [2.05, 4.69) is 22.9 Å². The molecule has 0 radical (unpaired) electrons. The second-order valence-corrected chi connectivity index (χ2v) is 11.4. The van der Waals surface area contributed by atoms with Crippen LogP contribution in [-0.2, 0) is 19.2 Å². The zero-order valence-electron chi connectivity index (χ0n) is 26.2. The molecule has 0 saturated carbocycles. The standard InChI is InChI=1S/C31H62N6O4/c1-3-4-5-6-7-8-9-10-11-12-13-14-15-22-28(38)36-27(21-17-19-24-33)31(41)35-25(2)30(40)37-26(29(34)39)20-16-18-23-32/h25-27H,3-24,32-33H2,1-2H3,(H2,34,39)(H,35,41)(H,36,38)(H,37,40)/t25-,26-,27+/m0/s1. The molecule has 0 aliphatic rings. The number of rotatable bonds is 28. The summed E-state index contributed by atoms with van der Waals surface area (Å²) in [5.74, 6) is -1.73. The number of carbonyl (C=O) groups is 4. The third kappa shape index (κ3) is 22.1. The molecule has 9 N–H and O–H groups in total. The van der Waals surface area contributed by atoms with Crippen molar-refractivity contribution in [1.29, 1.82) is 0 Å². The highest BCUT2D eigenvalue weighted by molar-refractivity contribution is 5.93. The Labute approximate surface area is 249 Å². The van der Waals surface area contributed by atoms with Gasteiger partial charge in [-0.05, 0) is 65.0 Å². The molecule has 0 rings (SSSR count). The maximum absolute atomic E-state index is 13.0. The summed E-state index contributed by atoms with van der Waals surface area (Å²) in [5.41, 5.74) is 16.5. The zero-order chi connectivity index (χ0) is 30.7. The molecule has 0 heterocycles. The molecule has 0 spiro atoms. The minimum Gasteiger partial charge on any atom is -0.368 e. The quantitative estimate of drug-likeness (QED) is 0.0765. The number of hydrogen-bond acceptors (Lipinski definition) is 6. The summed E-state index contributed by atoms with van der Waals surface area (Å²) in [4.78, 5) is 49.9. The van der Waals surface area contributed by atoms with Gasteiger partial charge in [-0.3, -0.25) is 19.2 Å². The molecule has 10 nitrogen and oxygen atoms in total. The van der Waals surface area contributed by atoms with Gasteiger partial charge in [0.05, 0.1) is 0 Å². The fourth-order valence-electron chi connectivity index (χ4n) is 4.79. The summed E-state index contributed by atoms with van der Waals surface area (Å²) in [5, 5.41) is 8.13. The van der Waals surface area contributed by atoms with E-state index in [1.807, 2.05) is 0 Å². The Morgan fingerprint density at radius 2 is 1.02 bits per heavy atom. The summed E-state index contributed by atoms with van der Waals surface area (Å²) in [7, 11) is 0. The molecular weight excluding hydrogens is 520 g/mol. The summed E-state index contributed by atoms with van der Waals surface area (Å²) in [6.07, 6.45) is 20.0. The normalized spacial score (nSPS) is 13.3. The highest BCUT2D eigenvalue weighted by atomic mass is 16.2. The summed E-state index contributed by atoms with van der Waals surface area (Å²) in [6, 6.07) is -2.47. The fraction of sp³-hybridized carbons (Fsp3) is 0.871. The highest BCUT2D eigenvalue weighted by Gasteiger charge is 2.26. The van der Waals surface area contributed by atoms with Crippen molar-refractivity contribution in [2.75, 3.05) is 13.1 Å². The van der Waals surface area contributed by atoms with Gasteiger partial charge < -0.3 is 33.2 Å². The Morgan fingerprint density at radius 1 is 0.561 bits per heavy atom. The molecule has 10 heteroatoms. The van der Waals surface area contributed by atoms with Crippen LogP contribution >= 0.6 is 0 Å². The predicted molar refractivity (Wildman–Crippen MR) is 167 cm³/mol. The van der Waals surface area contributed by atoms with E-state index < -0.39 is 35.8 Å². The Hall–Kier alpha value is -2.20. The van der Waals surface area contributed by atoms with Crippen LogP contribution in [0.25, 0.3) is 0 Å². The van der Waals surface area contributed by atoms with Crippen molar-refractivity contribution in [2.24, 2.45) is 17.2 Å². The smallest absolute Gasteiger partial charge is 0.243 e. The van der Waals surface area contributed by atoms with Gasteiger partial charge in [0.15, 0.2) is 0 Å². The van der Waals surface area contributed by atoms with E-state index in [0.717, 1.165) is 32.1 Å². The van der Waals surface area contributed by atoms with E-state index in [-0.39, 0.29) is 5.91 Å². The van der Waals surface area contributed by atoms with Crippen molar-refractivity contribution in [1.82, 2.24) is 16.0 Å². The molecule has 0 aromatic carbocycles. The van der Waals surface area contributed by atoms with Crippen LogP contribution < -0.4 is 33.2 Å². The average molecular weight is 583 g/mol. The molecule has 3 atom stereocenters. The van der Waals surface area contributed by atoms with Crippen molar-refractivity contribution in [3.63, 3.8) is 0 Å². The predicted octanol–water partition coefficient (Wildman–Crippen LogP) is 3.69. The first kappa shape index (κ1) is 38.8. The topological polar surface area (TPSA) is 182 Å². The minimum absolute atomic E-state index is 0.160. The van der Waals surface area contributed by atoms with E-state index in [9.17, 15) is 19.2 Å². The molecule has 0 aliphatic carbocycles. The molecule has 0 aromatic rings. The number of hydrogen-bond donors (Lipinski definition) is 6. The SMILES string of the molecule is CCCCCCCCCCCCCCCC(=O)N[C@H](CCCCN)C(=O)N[C@@H](C)C(=O)N[C@@H](CCCCN)C(N)=O. The lowest BCUT2D eigenvalue weighted by atomic mass is 10.0. The van der Waals surface area contributed by atoms with Crippen molar-refractivity contribution < 1.29 is 19.2 Å². The Bertz CT molecular complexity index is 706. The van der Waals surface area contributed by atoms with Crippen molar-refractivity contribution in [3.05, 3.63) is 0 Å². The van der Waals surface area contributed by atoms with E-state index >= 15 is 0 Å². The first-order valence-electron chi connectivity index (χ1n) is 16.4. The van der Waals surface area contributed by atoms with Crippen LogP contribution in [0.1, 0.15) is 142 Å². The summed E-state index contributed by atoms with van der Waals surface area (Å²) < 4.78 is 0. The minimum atomic E-state index is -0.895. The lowest BCUT2D eigenvalue weighted by Crippen LogP contribution is -2.55. The summed E-state index contributed by atoms with van der Waals surface area (Å²) >= 11 is 0. The number of unbranched alkanes of at least 4 members (excludes halogenated alkanes) is 14. The number of amides is 4. The van der Waals surface area contributed by atoms with Crippen molar-refractivity contribution in [2.45, 2.75) is 160 Å². The molecule has 41 heavy (non-hydrogen) atoms. The maximum Gasteiger partial charge on any atom is 0.243 e. The Balaban J connectivity index is 4.43. The van der Waals surface area contributed by atoms with Gasteiger partial charge in [0.2, 0.25) is 23.6 Å². The highest BCUT2D eigenvalue weighted by Crippen LogP contribution is 2.13. The first-order valence-corrected chi connectivity index (χ1v) is 16.4. The van der Waals surface area contributed by atoms with Gasteiger partial charge in [-0.25, -0.2) is 0 Å². The molecule has 0 aromatic heterocycles. The van der Waals surface area contributed by atoms with Crippen LogP contribution in [-0.4, -0.2) is 54.8 Å². The zero-order valence-corrected chi connectivity index (χ0v) is 26.2. The van der Waals surface area contributed by atoms with Crippen LogP contribution in [0, 0.1) is 0 Å². The average Bonchev–Trinajstić information content (AvgIpc) is 2.94. The van der Waals surface area contributed by atoms with E-state index in [1.54, 1.807) is 0 Å². The van der Waals surface area contributed by atoms with Crippen LogP contribution in [0.15, 0.2) is 0 Å². The molecule has 0 saturated heterocycles. The molecule has 0 aliphatic heterocycles. The summed E-state index contributed by atoms with van der Waals surface area (Å²) in [6.45, 7) is 4.77. The monoisotopic (exact) mass is 582 g/mol. The van der Waals surface area contributed by atoms with Crippen molar-refractivity contribution in [3.8, 4) is 0 Å². The Morgan fingerprint density at radius 3 is 1.49 bits per heavy atom. The third-order valence-corrected chi connectivity index (χ3v) is 7.46. The van der Waals surface area contributed by atoms with Gasteiger partial charge >= 0.3 is 0 Å². The van der Waals surface area contributed by atoms with Gasteiger partial charge in [0.25, 0.3) is 0 Å². The van der Waals surface area contributed by atoms with Crippen LogP contribution in [0.5, 0.6) is 0 Å². The number of nitrogens with one attached hydrogen (secondary N) is 3. The van der Waals surface area contributed by atoms with Crippen LogP contribution in [0.4, 0.5) is 0 Å². The van der Waals surface area contributed by atoms with Gasteiger partial charge in [-0.2, -0.15) is 0 Å². The molecular formula is C31H62N6O4. The van der Waals surface area contributed by atoms with Gasteiger partial charge in [-0.15, -0.1) is 0 Å². The first-order chi connectivity index (χ1) is 19.8. The lowest BCUT2D eigenvalue weighted by Gasteiger charge is -2.23. The number of carbonyl (C=O) groups excluding carboxylic acids is 4.